The number of nitrogens with zero attached hydrogens (tertiary/aromatic N) is 1. The standard InChI is InChI=1S/C15H9BrN2O3/c16-10-6-7-12-11(8-10)13(9-4-2-1-3-5-9)14(18(20)21)15(19)17-12/h1-8H,(H,17,19). The molecule has 0 spiro atoms. The van der Waals surface area contributed by atoms with Crippen molar-refractivity contribution < 1.29 is 4.92 Å². The van der Waals surface area contributed by atoms with Crippen molar-refractivity contribution in [1.29, 1.82) is 0 Å². The van der Waals surface area contributed by atoms with Crippen molar-refractivity contribution in [2.45, 2.75) is 0 Å². The van der Waals surface area contributed by atoms with Gasteiger partial charge in [0.15, 0.2) is 0 Å². The minimum absolute atomic E-state index is 0.334. The molecule has 0 atom stereocenters. The molecule has 0 amide bonds. The molecule has 3 rings (SSSR count). The van der Waals surface area contributed by atoms with Crippen LogP contribution in [0.1, 0.15) is 0 Å². The Balaban J connectivity index is 2.53. The second-order valence-electron chi connectivity index (χ2n) is 4.49. The van der Waals surface area contributed by atoms with E-state index in [4.69, 9.17) is 0 Å². The van der Waals surface area contributed by atoms with Crippen LogP contribution < -0.4 is 5.56 Å². The number of aromatic nitrogens is 1. The molecule has 104 valence electrons. The van der Waals surface area contributed by atoms with Gasteiger partial charge in [0.25, 0.3) is 0 Å². The molecule has 1 N–H and O–H groups in total. The van der Waals surface area contributed by atoms with Gasteiger partial charge in [-0.2, -0.15) is 0 Å². The van der Waals surface area contributed by atoms with Crippen LogP contribution in [0.2, 0.25) is 0 Å². The summed E-state index contributed by atoms with van der Waals surface area (Å²) in [6.45, 7) is 0. The number of aromatic amines is 1. The average Bonchev–Trinajstić information content (AvgIpc) is 2.47. The normalized spacial score (nSPS) is 10.7. The third kappa shape index (κ3) is 2.34. The van der Waals surface area contributed by atoms with Gasteiger partial charge < -0.3 is 4.98 Å². The molecule has 0 unspecified atom stereocenters. The summed E-state index contributed by atoms with van der Waals surface area (Å²) < 4.78 is 0.786. The third-order valence-corrected chi connectivity index (χ3v) is 3.69. The summed E-state index contributed by atoms with van der Waals surface area (Å²) in [7, 11) is 0. The summed E-state index contributed by atoms with van der Waals surface area (Å²) in [4.78, 5) is 25.3. The fourth-order valence-electron chi connectivity index (χ4n) is 2.33. The number of rotatable bonds is 2. The van der Waals surface area contributed by atoms with E-state index < -0.39 is 16.2 Å². The van der Waals surface area contributed by atoms with E-state index >= 15 is 0 Å². The molecule has 1 aromatic heterocycles. The maximum absolute atomic E-state index is 12.0. The number of nitro groups is 1. The van der Waals surface area contributed by atoms with Crippen LogP contribution in [0, 0.1) is 10.1 Å². The van der Waals surface area contributed by atoms with Crippen molar-refractivity contribution in [3.05, 3.63) is 73.5 Å². The van der Waals surface area contributed by atoms with Gasteiger partial charge >= 0.3 is 11.2 Å². The third-order valence-electron chi connectivity index (χ3n) is 3.20. The van der Waals surface area contributed by atoms with E-state index in [0.29, 0.717) is 22.0 Å². The molecular formula is C15H9BrN2O3. The highest BCUT2D eigenvalue weighted by Gasteiger charge is 2.23. The first kappa shape index (κ1) is 13.5. The molecule has 0 fully saturated rings. The van der Waals surface area contributed by atoms with Crippen LogP contribution in [0.25, 0.3) is 22.0 Å². The quantitative estimate of drug-likeness (QED) is 0.566. The van der Waals surface area contributed by atoms with E-state index in [2.05, 4.69) is 20.9 Å². The lowest BCUT2D eigenvalue weighted by Crippen LogP contribution is -2.13. The summed E-state index contributed by atoms with van der Waals surface area (Å²) in [6, 6.07) is 14.1. The van der Waals surface area contributed by atoms with Crippen molar-refractivity contribution in [1.82, 2.24) is 4.98 Å². The van der Waals surface area contributed by atoms with Gasteiger partial charge in [-0.1, -0.05) is 46.3 Å². The van der Waals surface area contributed by atoms with Gasteiger partial charge in [-0.05, 0) is 23.8 Å². The number of hydrogen-bond acceptors (Lipinski definition) is 3. The van der Waals surface area contributed by atoms with Gasteiger partial charge in [0.2, 0.25) is 0 Å². The van der Waals surface area contributed by atoms with Gasteiger partial charge in [-0.25, -0.2) is 0 Å². The summed E-state index contributed by atoms with van der Waals surface area (Å²) in [5.41, 5.74) is 0.396. The Labute approximate surface area is 127 Å². The second kappa shape index (κ2) is 5.14. The van der Waals surface area contributed by atoms with Crippen LogP contribution in [-0.4, -0.2) is 9.91 Å². The van der Waals surface area contributed by atoms with Crippen molar-refractivity contribution in [3.8, 4) is 11.1 Å². The molecule has 0 aliphatic rings. The van der Waals surface area contributed by atoms with E-state index in [9.17, 15) is 14.9 Å². The molecule has 6 heteroatoms. The number of H-pyrrole nitrogens is 1. The minimum atomic E-state index is -0.700. The van der Waals surface area contributed by atoms with E-state index in [0.717, 1.165) is 4.47 Å². The summed E-state index contributed by atoms with van der Waals surface area (Å²) in [5, 5.41) is 11.9. The number of nitrogens with one attached hydrogen (secondary N) is 1. The molecule has 1 heterocycles. The van der Waals surface area contributed by atoms with Gasteiger partial charge in [0.1, 0.15) is 0 Å². The number of fused-ring (bicyclic) bond motifs is 1. The molecule has 0 saturated heterocycles. The van der Waals surface area contributed by atoms with Crippen LogP contribution >= 0.6 is 15.9 Å². The monoisotopic (exact) mass is 344 g/mol. The maximum Gasteiger partial charge on any atom is 0.342 e. The van der Waals surface area contributed by atoms with E-state index in [1.807, 2.05) is 6.07 Å². The molecule has 5 nitrogen and oxygen atoms in total. The number of halogens is 1. The van der Waals surface area contributed by atoms with Crippen LogP contribution in [0.5, 0.6) is 0 Å². The van der Waals surface area contributed by atoms with Gasteiger partial charge in [-0.15, -0.1) is 0 Å². The van der Waals surface area contributed by atoms with Gasteiger partial charge in [0, 0.05) is 15.4 Å². The number of pyridine rings is 1. The van der Waals surface area contributed by atoms with Crippen LogP contribution in [0.4, 0.5) is 5.69 Å². The van der Waals surface area contributed by atoms with Crippen molar-refractivity contribution >= 4 is 32.5 Å². The first-order valence-corrected chi connectivity index (χ1v) is 6.92. The first-order chi connectivity index (χ1) is 10.1. The molecule has 0 bridgehead atoms. The van der Waals surface area contributed by atoms with Gasteiger partial charge in [0.05, 0.1) is 10.5 Å². The molecule has 0 aliphatic heterocycles. The summed E-state index contributed by atoms with van der Waals surface area (Å²) >= 11 is 3.36. The SMILES string of the molecule is O=c1[nH]c2ccc(Br)cc2c(-c2ccccc2)c1[N+](=O)[O-]. The largest absolute Gasteiger partial charge is 0.342 e. The lowest BCUT2D eigenvalue weighted by atomic mass is 9.99. The van der Waals surface area contributed by atoms with Crippen LogP contribution in [0.3, 0.4) is 0 Å². The molecular weight excluding hydrogens is 336 g/mol. The molecule has 3 aromatic rings. The van der Waals surface area contributed by atoms with E-state index in [-0.39, 0.29) is 0 Å². The van der Waals surface area contributed by atoms with E-state index in [1.165, 1.54) is 0 Å². The van der Waals surface area contributed by atoms with Crippen molar-refractivity contribution in [2.24, 2.45) is 0 Å². The average molecular weight is 345 g/mol. The lowest BCUT2D eigenvalue weighted by Gasteiger charge is -2.08. The first-order valence-electron chi connectivity index (χ1n) is 6.13. The fraction of sp³-hybridized carbons (Fsp3) is 0. The highest BCUT2D eigenvalue weighted by molar-refractivity contribution is 9.10. The fourth-order valence-corrected chi connectivity index (χ4v) is 2.69. The zero-order valence-corrected chi connectivity index (χ0v) is 12.3. The highest BCUT2D eigenvalue weighted by atomic mass is 79.9. The zero-order valence-electron chi connectivity index (χ0n) is 10.7. The molecule has 2 aromatic carbocycles. The Morgan fingerprint density at radius 2 is 1.81 bits per heavy atom. The Kier molecular flexibility index (Phi) is 3.31. The Bertz CT molecular complexity index is 904. The molecule has 0 aliphatic carbocycles. The van der Waals surface area contributed by atoms with Gasteiger partial charge in [-0.3, -0.25) is 14.9 Å². The molecule has 0 saturated carbocycles. The summed E-state index contributed by atoms with van der Waals surface area (Å²) in [6.07, 6.45) is 0. The number of hydrogen-bond donors (Lipinski definition) is 1. The van der Waals surface area contributed by atoms with E-state index in [1.54, 1.807) is 42.5 Å². The predicted octanol–water partition coefficient (Wildman–Crippen LogP) is 3.87. The second-order valence-corrected chi connectivity index (χ2v) is 5.41. The van der Waals surface area contributed by atoms with Crippen molar-refractivity contribution in [3.63, 3.8) is 0 Å². The Morgan fingerprint density at radius 1 is 1.10 bits per heavy atom. The zero-order chi connectivity index (χ0) is 15.0. The smallest absolute Gasteiger partial charge is 0.316 e. The number of benzene rings is 2. The predicted molar refractivity (Wildman–Crippen MR) is 84.4 cm³/mol. The maximum atomic E-state index is 12.0. The summed E-state index contributed by atoms with van der Waals surface area (Å²) in [5.74, 6) is 0. The van der Waals surface area contributed by atoms with Crippen molar-refractivity contribution in [2.75, 3.05) is 0 Å². The minimum Gasteiger partial charge on any atom is -0.316 e. The van der Waals surface area contributed by atoms with Crippen LogP contribution in [-0.2, 0) is 0 Å². The topological polar surface area (TPSA) is 76.0 Å². The molecule has 0 radical (unpaired) electrons. The lowest BCUT2D eigenvalue weighted by molar-refractivity contribution is -0.385. The Morgan fingerprint density at radius 3 is 2.48 bits per heavy atom. The van der Waals surface area contributed by atoms with Crippen LogP contribution in [0.15, 0.2) is 57.8 Å². The Hall–Kier alpha value is -2.47. The highest BCUT2D eigenvalue weighted by Crippen LogP contribution is 2.34. The molecule has 21 heavy (non-hydrogen) atoms.